The smallest absolute Gasteiger partial charge is 0.182 e. The molecule has 0 atom stereocenters. The lowest BCUT2D eigenvalue weighted by molar-refractivity contribution is -0.110. The van der Waals surface area contributed by atoms with Crippen molar-refractivity contribution in [3.8, 4) is 11.5 Å². The van der Waals surface area contributed by atoms with E-state index in [1.165, 1.54) is 12.2 Å². The van der Waals surface area contributed by atoms with Crippen molar-refractivity contribution in [2.24, 2.45) is 0 Å². The van der Waals surface area contributed by atoms with E-state index in [9.17, 15) is 4.79 Å². The topological polar surface area (TPSA) is 55.8 Å². The van der Waals surface area contributed by atoms with E-state index in [-0.39, 0.29) is 11.5 Å². The quantitative estimate of drug-likeness (QED) is 0.485. The van der Waals surface area contributed by atoms with Gasteiger partial charge in [-0.3, -0.25) is 4.79 Å². The van der Waals surface area contributed by atoms with Gasteiger partial charge in [0.1, 0.15) is 5.76 Å². The van der Waals surface area contributed by atoms with Crippen molar-refractivity contribution in [2.45, 2.75) is 0 Å². The molecule has 0 aliphatic rings. The largest absolute Gasteiger partial charge is 0.508 e. The maximum absolute atomic E-state index is 11.4. The summed E-state index contributed by atoms with van der Waals surface area (Å²) in [6.45, 7) is 3.35. The highest BCUT2D eigenvalue weighted by Crippen LogP contribution is 2.27. The summed E-state index contributed by atoms with van der Waals surface area (Å²) in [5, 5.41) is 9.13. The molecule has 0 aromatic heterocycles. The minimum atomic E-state index is -0.327. The van der Waals surface area contributed by atoms with Crippen molar-refractivity contribution < 1.29 is 19.4 Å². The number of carbonyl (C=O) groups is 1. The number of allylic oxidation sites excluding steroid dienone is 3. The number of aliphatic hydroxyl groups excluding tert-OH is 1. The zero-order valence-corrected chi connectivity index (χ0v) is 10.9. The summed E-state index contributed by atoms with van der Waals surface area (Å²) >= 11 is 0. The molecule has 100 valence electrons. The number of carbonyl (C=O) groups excluding carboxylic acids is 1. The fraction of sp³-hybridized carbons (Fsp3) is 0.133. The van der Waals surface area contributed by atoms with Crippen molar-refractivity contribution in [2.75, 3.05) is 14.2 Å². The standard InChI is InChI=1S/C15H16O4/c1-4-12(16)10-13(17)7-5-11-6-8-14(18-2)15(9-11)19-3/h4-10,16H,1H2,2-3H3. The Balaban J connectivity index is 2.88. The Morgan fingerprint density at radius 2 is 1.95 bits per heavy atom. The SMILES string of the molecule is C=CC(O)=CC(=O)C=Cc1ccc(OC)c(OC)c1. The summed E-state index contributed by atoms with van der Waals surface area (Å²) in [5.74, 6) is 0.714. The van der Waals surface area contributed by atoms with Crippen molar-refractivity contribution in [3.05, 3.63) is 54.3 Å². The Hall–Kier alpha value is -2.49. The van der Waals surface area contributed by atoms with Crippen LogP contribution in [0.1, 0.15) is 5.56 Å². The summed E-state index contributed by atoms with van der Waals surface area (Å²) in [7, 11) is 3.10. The number of hydrogen-bond donors (Lipinski definition) is 1. The summed E-state index contributed by atoms with van der Waals surface area (Å²) < 4.78 is 10.3. The van der Waals surface area contributed by atoms with E-state index < -0.39 is 0 Å². The third-order valence-corrected chi connectivity index (χ3v) is 2.35. The Kier molecular flexibility index (Phi) is 5.41. The Morgan fingerprint density at radius 1 is 1.26 bits per heavy atom. The number of methoxy groups -OCH3 is 2. The monoisotopic (exact) mass is 260 g/mol. The van der Waals surface area contributed by atoms with E-state index >= 15 is 0 Å². The molecule has 0 aliphatic heterocycles. The van der Waals surface area contributed by atoms with Gasteiger partial charge in [0.2, 0.25) is 0 Å². The number of rotatable bonds is 6. The van der Waals surface area contributed by atoms with Crippen molar-refractivity contribution in [3.63, 3.8) is 0 Å². The summed E-state index contributed by atoms with van der Waals surface area (Å²) in [6.07, 6.45) is 5.25. The van der Waals surface area contributed by atoms with Gasteiger partial charge in [-0.05, 0) is 29.8 Å². The molecule has 0 heterocycles. The number of aliphatic hydroxyl groups is 1. The van der Waals surface area contributed by atoms with Gasteiger partial charge in [0.05, 0.1) is 14.2 Å². The van der Waals surface area contributed by atoms with Gasteiger partial charge in [-0.1, -0.05) is 18.7 Å². The highest BCUT2D eigenvalue weighted by Gasteiger charge is 2.02. The van der Waals surface area contributed by atoms with Crippen LogP contribution in [-0.4, -0.2) is 25.1 Å². The Labute approximate surface area is 112 Å². The molecule has 4 heteroatoms. The molecule has 0 aliphatic carbocycles. The minimum Gasteiger partial charge on any atom is -0.508 e. The van der Waals surface area contributed by atoms with Crippen LogP contribution < -0.4 is 9.47 Å². The average Bonchev–Trinajstić information content (AvgIpc) is 2.44. The maximum atomic E-state index is 11.4. The fourth-order valence-electron chi connectivity index (χ4n) is 1.39. The number of hydrogen-bond acceptors (Lipinski definition) is 4. The molecule has 0 unspecified atom stereocenters. The van der Waals surface area contributed by atoms with Crippen molar-refractivity contribution in [1.29, 1.82) is 0 Å². The first-order chi connectivity index (χ1) is 9.10. The van der Waals surface area contributed by atoms with Crippen LogP contribution in [0, 0.1) is 0 Å². The van der Waals surface area contributed by atoms with Crippen LogP contribution in [0.15, 0.2) is 48.8 Å². The second kappa shape index (κ2) is 7.06. The van der Waals surface area contributed by atoms with E-state index in [4.69, 9.17) is 14.6 Å². The first-order valence-electron chi connectivity index (χ1n) is 5.58. The van der Waals surface area contributed by atoms with Gasteiger partial charge in [-0.25, -0.2) is 0 Å². The Morgan fingerprint density at radius 3 is 2.53 bits per heavy atom. The molecule has 0 saturated carbocycles. The predicted octanol–water partition coefficient (Wildman–Crippen LogP) is 2.91. The van der Waals surface area contributed by atoms with Crippen molar-refractivity contribution in [1.82, 2.24) is 0 Å². The number of ether oxygens (including phenoxy) is 2. The summed E-state index contributed by atoms with van der Waals surface area (Å²) in [5.41, 5.74) is 0.789. The molecule has 1 rings (SSSR count). The zero-order valence-electron chi connectivity index (χ0n) is 10.9. The Bertz CT molecular complexity index is 527. The summed E-state index contributed by atoms with van der Waals surface area (Å²) in [6, 6.07) is 5.29. The lowest BCUT2D eigenvalue weighted by Crippen LogP contribution is -1.91. The first kappa shape index (κ1) is 14.6. The second-order valence-corrected chi connectivity index (χ2v) is 3.62. The van der Waals surface area contributed by atoms with Crippen LogP contribution in [0.2, 0.25) is 0 Å². The van der Waals surface area contributed by atoms with Crippen LogP contribution in [0.25, 0.3) is 6.08 Å². The lowest BCUT2D eigenvalue weighted by atomic mass is 10.1. The third-order valence-electron chi connectivity index (χ3n) is 2.35. The van der Waals surface area contributed by atoms with Gasteiger partial charge in [0.25, 0.3) is 0 Å². The molecule has 0 saturated heterocycles. The lowest BCUT2D eigenvalue weighted by Gasteiger charge is -2.07. The van der Waals surface area contributed by atoms with Crippen molar-refractivity contribution >= 4 is 11.9 Å². The van der Waals surface area contributed by atoms with E-state index in [0.717, 1.165) is 11.6 Å². The molecule has 4 nitrogen and oxygen atoms in total. The molecule has 0 radical (unpaired) electrons. The number of ketones is 1. The fourth-order valence-corrected chi connectivity index (χ4v) is 1.39. The van der Waals surface area contributed by atoms with Gasteiger partial charge in [0, 0.05) is 6.08 Å². The molecule has 1 aromatic carbocycles. The maximum Gasteiger partial charge on any atom is 0.182 e. The second-order valence-electron chi connectivity index (χ2n) is 3.62. The van der Waals surface area contributed by atoms with Gasteiger partial charge in [-0.15, -0.1) is 0 Å². The number of benzene rings is 1. The van der Waals surface area contributed by atoms with Gasteiger partial charge in [0.15, 0.2) is 17.3 Å². The van der Waals surface area contributed by atoms with E-state index in [1.807, 2.05) is 0 Å². The molecule has 1 aromatic rings. The minimum absolute atomic E-state index is 0.165. The van der Waals surface area contributed by atoms with Crippen LogP contribution in [0.4, 0.5) is 0 Å². The molecular weight excluding hydrogens is 244 g/mol. The van der Waals surface area contributed by atoms with E-state index in [1.54, 1.807) is 38.5 Å². The van der Waals surface area contributed by atoms with Crippen LogP contribution >= 0.6 is 0 Å². The van der Waals surface area contributed by atoms with Gasteiger partial charge in [-0.2, -0.15) is 0 Å². The molecule has 0 spiro atoms. The van der Waals surface area contributed by atoms with Crippen LogP contribution in [-0.2, 0) is 4.79 Å². The zero-order chi connectivity index (χ0) is 14.3. The van der Waals surface area contributed by atoms with E-state index in [0.29, 0.717) is 11.5 Å². The molecule has 1 N–H and O–H groups in total. The highest BCUT2D eigenvalue weighted by molar-refractivity contribution is 6.02. The molecule has 0 amide bonds. The van der Waals surface area contributed by atoms with Gasteiger partial charge < -0.3 is 14.6 Å². The summed E-state index contributed by atoms with van der Waals surface area (Å²) in [4.78, 5) is 11.4. The molecular formula is C15H16O4. The molecule has 0 fully saturated rings. The third kappa shape index (κ3) is 4.35. The van der Waals surface area contributed by atoms with Crippen LogP contribution in [0.3, 0.4) is 0 Å². The molecule has 0 bridgehead atoms. The van der Waals surface area contributed by atoms with E-state index in [2.05, 4.69) is 6.58 Å². The predicted molar refractivity (Wildman–Crippen MR) is 74.5 cm³/mol. The van der Waals surface area contributed by atoms with Gasteiger partial charge >= 0.3 is 0 Å². The highest BCUT2D eigenvalue weighted by atomic mass is 16.5. The first-order valence-corrected chi connectivity index (χ1v) is 5.58. The van der Waals surface area contributed by atoms with Crippen LogP contribution in [0.5, 0.6) is 11.5 Å². The molecule has 19 heavy (non-hydrogen) atoms. The average molecular weight is 260 g/mol. The normalized spacial score (nSPS) is 11.4.